The molecule has 0 fully saturated rings. The maximum atomic E-state index is 12.5. The van der Waals surface area contributed by atoms with Gasteiger partial charge in [0.2, 0.25) is 5.91 Å². The van der Waals surface area contributed by atoms with E-state index in [2.05, 4.69) is 39.6 Å². The van der Waals surface area contributed by atoms with Crippen LogP contribution in [0.15, 0.2) is 84.3 Å². The second-order valence-electron chi connectivity index (χ2n) is 7.26. The van der Waals surface area contributed by atoms with Gasteiger partial charge in [0.1, 0.15) is 0 Å². The van der Waals surface area contributed by atoms with E-state index < -0.39 is 0 Å². The van der Waals surface area contributed by atoms with Gasteiger partial charge in [-0.25, -0.2) is 0 Å². The maximum absolute atomic E-state index is 12.5. The number of nitrogens with zero attached hydrogens (tertiary/aromatic N) is 4. The van der Waals surface area contributed by atoms with Crippen molar-refractivity contribution in [2.75, 3.05) is 12.3 Å². The summed E-state index contributed by atoms with van der Waals surface area (Å²) in [5.74, 6) is 1.11. The number of pyridine rings is 1. The number of thioether (sulfide) groups is 1. The first-order chi connectivity index (χ1) is 15.6. The fraction of sp³-hybridized carbons (Fsp3) is 0.167. The van der Waals surface area contributed by atoms with Crippen molar-refractivity contribution in [3.8, 4) is 17.1 Å². The Kier molecular flexibility index (Phi) is 7.19. The van der Waals surface area contributed by atoms with Gasteiger partial charge in [-0.1, -0.05) is 60.6 Å². The van der Waals surface area contributed by atoms with Gasteiger partial charge in [-0.15, -0.1) is 10.2 Å². The number of carbonyl (C=O) groups is 1. The Balaban J connectivity index is 1.48. The lowest BCUT2D eigenvalue weighted by Crippen LogP contribution is -2.29. The van der Waals surface area contributed by atoms with E-state index in [1.54, 1.807) is 12.4 Å². The molecule has 0 spiro atoms. The summed E-state index contributed by atoms with van der Waals surface area (Å²) in [6, 6.07) is 21.3. The zero-order chi connectivity index (χ0) is 22.3. The van der Waals surface area contributed by atoms with Crippen LogP contribution in [0.3, 0.4) is 0 Å². The Morgan fingerprint density at radius 2 is 1.75 bits per heavy atom. The van der Waals surface area contributed by atoms with Gasteiger partial charge in [-0.2, -0.15) is 0 Å². The summed E-state index contributed by atoms with van der Waals surface area (Å²) in [5.41, 5.74) is 2.95. The van der Waals surface area contributed by atoms with Gasteiger partial charge in [0.25, 0.3) is 0 Å². The van der Waals surface area contributed by atoms with E-state index in [1.807, 2.05) is 59.2 Å². The first-order valence-corrected chi connectivity index (χ1v) is 11.5. The minimum Gasteiger partial charge on any atom is -0.355 e. The molecule has 6 nitrogen and oxygen atoms in total. The quantitative estimate of drug-likeness (QED) is 0.372. The monoisotopic (exact) mass is 463 g/mol. The molecule has 0 unspecified atom stereocenters. The molecule has 2 aromatic heterocycles. The average Bonchev–Trinajstić information content (AvgIpc) is 3.27. The molecule has 2 heterocycles. The van der Waals surface area contributed by atoms with Crippen LogP contribution >= 0.6 is 23.4 Å². The van der Waals surface area contributed by atoms with Gasteiger partial charge in [-0.05, 0) is 47.9 Å². The minimum absolute atomic E-state index is 0.0473. The summed E-state index contributed by atoms with van der Waals surface area (Å²) in [6.07, 6.45) is 3.43. The Bertz CT molecular complexity index is 1170. The van der Waals surface area contributed by atoms with Gasteiger partial charge in [0.05, 0.1) is 5.75 Å². The van der Waals surface area contributed by atoms with Crippen molar-refractivity contribution < 1.29 is 4.79 Å². The standard InChI is InChI=1S/C24H22ClN5OS/c1-17(18-5-3-2-4-6-18)15-27-22(31)16-32-24-29-28-23(19-11-13-26-14-12-19)30(24)21-9-7-20(25)8-10-21/h2-14,17H,15-16H2,1H3,(H,27,31)/t17-/m1/s1. The molecule has 0 aliphatic rings. The van der Waals surface area contributed by atoms with E-state index in [4.69, 9.17) is 11.6 Å². The first kappa shape index (κ1) is 22.0. The second-order valence-corrected chi connectivity index (χ2v) is 8.64. The van der Waals surface area contributed by atoms with Crippen LogP contribution in [0.1, 0.15) is 18.4 Å². The second kappa shape index (κ2) is 10.4. The van der Waals surface area contributed by atoms with Gasteiger partial charge in [0.15, 0.2) is 11.0 Å². The van der Waals surface area contributed by atoms with Crippen LogP contribution in [0.5, 0.6) is 0 Å². The molecule has 8 heteroatoms. The predicted molar refractivity (Wildman–Crippen MR) is 128 cm³/mol. The number of rotatable bonds is 8. The van der Waals surface area contributed by atoms with E-state index in [0.717, 1.165) is 11.3 Å². The number of benzene rings is 2. The summed E-state index contributed by atoms with van der Waals surface area (Å²) < 4.78 is 1.93. The molecular weight excluding hydrogens is 442 g/mol. The molecule has 1 N–H and O–H groups in total. The Labute approximate surface area is 196 Å². The predicted octanol–water partition coefficient (Wildman–Crippen LogP) is 4.99. The molecule has 4 rings (SSSR count). The van der Waals surface area contributed by atoms with Crippen molar-refractivity contribution in [1.29, 1.82) is 0 Å². The van der Waals surface area contributed by atoms with Gasteiger partial charge < -0.3 is 5.32 Å². The highest BCUT2D eigenvalue weighted by atomic mass is 35.5. The van der Waals surface area contributed by atoms with E-state index in [9.17, 15) is 4.79 Å². The molecule has 2 aromatic carbocycles. The number of hydrogen-bond donors (Lipinski definition) is 1. The highest BCUT2D eigenvalue weighted by Gasteiger charge is 2.17. The fourth-order valence-electron chi connectivity index (χ4n) is 3.22. The van der Waals surface area contributed by atoms with Crippen LogP contribution in [0.25, 0.3) is 17.1 Å². The summed E-state index contributed by atoms with van der Waals surface area (Å²) in [4.78, 5) is 16.6. The molecule has 0 radical (unpaired) electrons. The Morgan fingerprint density at radius 1 is 1.03 bits per heavy atom. The number of aromatic nitrogens is 4. The van der Waals surface area contributed by atoms with Crippen LogP contribution in [0.2, 0.25) is 5.02 Å². The van der Waals surface area contributed by atoms with Crippen molar-refractivity contribution in [1.82, 2.24) is 25.1 Å². The topological polar surface area (TPSA) is 72.7 Å². The molecule has 0 bridgehead atoms. The van der Waals surface area contributed by atoms with Crippen LogP contribution < -0.4 is 5.32 Å². The summed E-state index contributed by atoms with van der Waals surface area (Å²) in [5, 5.41) is 13.0. The zero-order valence-corrected chi connectivity index (χ0v) is 19.1. The summed E-state index contributed by atoms with van der Waals surface area (Å²) >= 11 is 7.42. The Hall–Kier alpha value is -3.16. The minimum atomic E-state index is -0.0473. The van der Waals surface area contributed by atoms with Crippen LogP contribution in [0.4, 0.5) is 0 Å². The van der Waals surface area contributed by atoms with Crippen molar-refractivity contribution in [3.63, 3.8) is 0 Å². The molecular formula is C24H22ClN5OS. The van der Waals surface area contributed by atoms with E-state index in [-0.39, 0.29) is 17.6 Å². The van der Waals surface area contributed by atoms with Gasteiger partial charge >= 0.3 is 0 Å². The van der Waals surface area contributed by atoms with Crippen LogP contribution in [-0.4, -0.2) is 38.0 Å². The molecule has 162 valence electrons. The number of halogens is 1. The van der Waals surface area contributed by atoms with Crippen LogP contribution in [-0.2, 0) is 4.79 Å². The third kappa shape index (κ3) is 5.36. The third-order valence-corrected chi connectivity index (χ3v) is 6.14. The molecule has 0 aliphatic carbocycles. The largest absolute Gasteiger partial charge is 0.355 e. The SMILES string of the molecule is C[C@H](CNC(=O)CSc1nnc(-c2ccncc2)n1-c1ccc(Cl)cc1)c1ccccc1. The molecule has 1 amide bonds. The van der Waals surface area contributed by atoms with Crippen LogP contribution in [0, 0.1) is 0 Å². The molecule has 0 saturated heterocycles. The first-order valence-electron chi connectivity index (χ1n) is 10.2. The highest BCUT2D eigenvalue weighted by Crippen LogP contribution is 2.28. The lowest BCUT2D eigenvalue weighted by Gasteiger charge is -2.13. The maximum Gasteiger partial charge on any atom is 0.230 e. The van der Waals surface area contributed by atoms with E-state index in [1.165, 1.54) is 17.3 Å². The van der Waals surface area contributed by atoms with Gasteiger partial charge in [0, 0.05) is 35.2 Å². The molecule has 32 heavy (non-hydrogen) atoms. The van der Waals surface area contributed by atoms with Crippen molar-refractivity contribution in [3.05, 3.63) is 89.7 Å². The fourth-order valence-corrected chi connectivity index (χ4v) is 4.13. The third-order valence-electron chi connectivity index (χ3n) is 4.96. The summed E-state index contributed by atoms with van der Waals surface area (Å²) in [7, 11) is 0. The summed E-state index contributed by atoms with van der Waals surface area (Å²) in [6.45, 7) is 2.68. The number of hydrogen-bond acceptors (Lipinski definition) is 5. The lowest BCUT2D eigenvalue weighted by molar-refractivity contribution is -0.118. The van der Waals surface area contributed by atoms with Gasteiger partial charge in [-0.3, -0.25) is 14.3 Å². The highest BCUT2D eigenvalue weighted by molar-refractivity contribution is 7.99. The normalized spacial score (nSPS) is 11.8. The smallest absolute Gasteiger partial charge is 0.230 e. The number of nitrogens with one attached hydrogen (secondary N) is 1. The lowest BCUT2D eigenvalue weighted by atomic mass is 10.0. The number of amides is 1. The van der Waals surface area contributed by atoms with Crippen molar-refractivity contribution >= 4 is 29.3 Å². The Morgan fingerprint density at radius 3 is 2.47 bits per heavy atom. The van der Waals surface area contributed by atoms with Crippen molar-refractivity contribution in [2.24, 2.45) is 0 Å². The molecule has 0 aliphatic heterocycles. The van der Waals surface area contributed by atoms with E-state index >= 15 is 0 Å². The molecule has 0 saturated carbocycles. The van der Waals surface area contributed by atoms with E-state index in [0.29, 0.717) is 22.5 Å². The zero-order valence-electron chi connectivity index (χ0n) is 17.5. The number of carbonyl (C=O) groups excluding carboxylic acids is 1. The van der Waals surface area contributed by atoms with Crippen molar-refractivity contribution in [2.45, 2.75) is 18.0 Å². The average molecular weight is 464 g/mol. The molecule has 4 aromatic rings. The molecule has 1 atom stereocenters.